The number of amides is 2. The molecule has 5 rings (SSSR count). The number of hydrogen-bond donors (Lipinski definition) is 0. The van der Waals surface area contributed by atoms with Crippen LogP contribution < -0.4 is 9.64 Å². The van der Waals surface area contributed by atoms with Crippen molar-refractivity contribution in [3.05, 3.63) is 92.9 Å². The molecule has 0 spiro atoms. The Morgan fingerprint density at radius 3 is 1.81 bits per heavy atom. The first-order valence-electron chi connectivity index (χ1n) is 10.00. The van der Waals surface area contributed by atoms with E-state index in [1.165, 1.54) is 4.90 Å². The van der Waals surface area contributed by atoms with E-state index in [-0.39, 0.29) is 11.8 Å². The van der Waals surface area contributed by atoms with Crippen LogP contribution in [0, 0.1) is 11.3 Å². The molecule has 162 valence electrons. The summed E-state index contributed by atoms with van der Waals surface area (Å²) >= 11 is 18.4. The molecule has 1 aliphatic carbocycles. The van der Waals surface area contributed by atoms with E-state index < -0.39 is 16.7 Å². The average molecular weight is 487 g/mol. The Morgan fingerprint density at radius 1 is 0.812 bits per heavy atom. The van der Waals surface area contributed by atoms with Gasteiger partial charge in [-0.15, -0.1) is 0 Å². The summed E-state index contributed by atoms with van der Waals surface area (Å²) in [6.07, 6.45) is 0. The number of hydrogen-bond acceptors (Lipinski definition) is 3. The summed E-state index contributed by atoms with van der Waals surface area (Å²) in [5.74, 6) is -0.433. The number of ether oxygens (including phenoxy) is 1. The highest BCUT2D eigenvalue weighted by atomic mass is 35.5. The normalized spacial score (nSPS) is 26.3. The van der Waals surface area contributed by atoms with E-state index in [0.717, 1.165) is 11.1 Å². The Labute approximate surface area is 200 Å². The Morgan fingerprint density at radius 2 is 1.34 bits per heavy atom. The molecular formula is C25H18Cl3NO3. The molecule has 3 unspecified atom stereocenters. The number of fused-ring (bicyclic) bond motifs is 1. The summed E-state index contributed by atoms with van der Waals surface area (Å²) in [6.45, 7) is 1.85. The van der Waals surface area contributed by atoms with Crippen LogP contribution in [0.1, 0.15) is 18.1 Å². The maximum Gasteiger partial charge on any atom is 0.241 e. The number of imide groups is 1. The Balaban J connectivity index is 1.67. The van der Waals surface area contributed by atoms with Crippen LogP contribution in [0.15, 0.2) is 66.7 Å². The molecule has 32 heavy (non-hydrogen) atoms. The molecule has 1 saturated heterocycles. The molecule has 3 atom stereocenters. The fourth-order valence-electron chi connectivity index (χ4n) is 5.38. The molecule has 4 nitrogen and oxygen atoms in total. The molecule has 0 bridgehead atoms. The predicted molar refractivity (Wildman–Crippen MR) is 126 cm³/mol. The number of carbonyl (C=O) groups is 2. The minimum Gasteiger partial charge on any atom is -0.497 e. The maximum atomic E-state index is 13.8. The van der Waals surface area contributed by atoms with Gasteiger partial charge in [0.1, 0.15) is 5.75 Å². The zero-order chi connectivity index (χ0) is 22.8. The van der Waals surface area contributed by atoms with Crippen molar-refractivity contribution in [2.24, 2.45) is 11.3 Å². The molecule has 1 saturated carbocycles. The van der Waals surface area contributed by atoms with E-state index in [0.29, 0.717) is 26.5 Å². The lowest BCUT2D eigenvalue weighted by atomic mass is 9.79. The molecule has 0 aromatic heterocycles. The zero-order valence-electron chi connectivity index (χ0n) is 17.2. The zero-order valence-corrected chi connectivity index (χ0v) is 19.5. The first-order valence-corrected chi connectivity index (χ1v) is 11.1. The molecular weight excluding hydrogens is 469 g/mol. The first kappa shape index (κ1) is 21.3. The third kappa shape index (κ3) is 2.70. The van der Waals surface area contributed by atoms with Crippen LogP contribution in [-0.2, 0) is 15.0 Å². The number of benzene rings is 3. The van der Waals surface area contributed by atoms with Gasteiger partial charge in [0.25, 0.3) is 0 Å². The highest BCUT2D eigenvalue weighted by molar-refractivity contribution is 6.36. The molecule has 3 aromatic rings. The van der Waals surface area contributed by atoms with Gasteiger partial charge in [-0.3, -0.25) is 9.59 Å². The number of rotatable bonds is 4. The van der Waals surface area contributed by atoms with Gasteiger partial charge < -0.3 is 4.74 Å². The SMILES string of the molecule is COc1ccc(C2(c3ccc(Cl)cc3)C3C(=O)N(c4cc(Cl)cc(Cl)c4)C(=O)C32C)cc1. The van der Waals surface area contributed by atoms with Gasteiger partial charge in [-0.2, -0.15) is 0 Å². The van der Waals surface area contributed by atoms with Crippen LogP contribution in [0.5, 0.6) is 5.75 Å². The topological polar surface area (TPSA) is 46.6 Å². The fraction of sp³-hybridized carbons (Fsp3) is 0.200. The third-order valence-electron chi connectivity index (χ3n) is 6.81. The summed E-state index contributed by atoms with van der Waals surface area (Å²) in [4.78, 5) is 28.7. The molecule has 1 heterocycles. The van der Waals surface area contributed by atoms with Crippen molar-refractivity contribution < 1.29 is 14.3 Å². The minimum atomic E-state index is -0.971. The van der Waals surface area contributed by atoms with Gasteiger partial charge in [0.15, 0.2) is 0 Å². The Kier molecular flexibility index (Phi) is 4.82. The summed E-state index contributed by atoms with van der Waals surface area (Å²) in [5, 5.41) is 1.30. The number of halogens is 3. The van der Waals surface area contributed by atoms with Crippen LogP contribution in [-0.4, -0.2) is 18.9 Å². The van der Waals surface area contributed by atoms with Gasteiger partial charge in [0, 0.05) is 20.5 Å². The molecule has 2 aliphatic rings. The minimum absolute atomic E-state index is 0.276. The number of methoxy groups -OCH3 is 1. The highest BCUT2D eigenvalue weighted by Gasteiger charge is 2.86. The maximum absolute atomic E-state index is 13.8. The van der Waals surface area contributed by atoms with Crippen LogP contribution in [0.2, 0.25) is 15.1 Å². The van der Waals surface area contributed by atoms with E-state index in [9.17, 15) is 9.59 Å². The van der Waals surface area contributed by atoms with Crippen molar-refractivity contribution in [3.63, 3.8) is 0 Å². The van der Waals surface area contributed by atoms with E-state index in [4.69, 9.17) is 39.5 Å². The second kappa shape index (κ2) is 7.24. The van der Waals surface area contributed by atoms with Crippen molar-refractivity contribution in [3.8, 4) is 5.75 Å². The number of nitrogens with zero attached hydrogens (tertiary/aromatic N) is 1. The second-order valence-corrected chi connectivity index (χ2v) is 9.59. The summed E-state index contributed by atoms with van der Waals surface area (Å²) in [7, 11) is 1.60. The summed E-state index contributed by atoms with van der Waals surface area (Å²) < 4.78 is 5.30. The van der Waals surface area contributed by atoms with Crippen molar-refractivity contribution >= 4 is 52.3 Å². The molecule has 0 N–H and O–H groups in total. The largest absolute Gasteiger partial charge is 0.497 e. The van der Waals surface area contributed by atoms with Gasteiger partial charge in [-0.05, 0) is 60.5 Å². The van der Waals surface area contributed by atoms with Crippen LogP contribution in [0.3, 0.4) is 0 Å². The van der Waals surface area contributed by atoms with Crippen molar-refractivity contribution in [1.82, 2.24) is 0 Å². The Hall–Kier alpha value is -2.53. The Bertz CT molecular complexity index is 1240. The molecule has 0 radical (unpaired) electrons. The van der Waals surface area contributed by atoms with Crippen LogP contribution in [0.4, 0.5) is 5.69 Å². The number of carbonyl (C=O) groups excluding carboxylic acids is 2. The van der Waals surface area contributed by atoms with Crippen molar-refractivity contribution in [1.29, 1.82) is 0 Å². The lowest BCUT2D eigenvalue weighted by Gasteiger charge is -2.29. The van der Waals surface area contributed by atoms with Gasteiger partial charge in [-0.25, -0.2) is 4.90 Å². The highest BCUT2D eigenvalue weighted by Crippen LogP contribution is 2.76. The van der Waals surface area contributed by atoms with Gasteiger partial charge in [0.05, 0.1) is 24.1 Å². The monoisotopic (exact) mass is 485 g/mol. The van der Waals surface area contributed by atoms with Crippen LogP contribution in [0.25, 0.3) is 0 Å². The van der Waals surface area contributed by atoms with E-state index >= 15 is 0 Å². The van der Waals surface area contributed by atoms with Crippen LogP contribution >= 0.6 is 34.8 Å². The molecule has 1 aliphatic heterocycles. The average Bonchev–Trinajstić information content (AvgIpc) is 3.28. The molecule has 7 heteroatoms. The predicted octanol–water partition coefficient (Wildman–Crippen LogP) is 6.15. The van der Waals surface area contributed by atoms with Gasteiger partial charge >= 0.3 is 0 Å². The molecule has 2 amide bonds. The smallest absolute Gasteiger partial charge is 0.241 e. The van der Waals surface area contributed by atoms with Gasteiger partial charge in [0.2, 0.25) is 11.8 Å². The lowest BCUT2D eigenvalue weighted by molar-refractivity contribution is -0.125. The quantitative estimate of drug-likeness (QED) is 0.415. The lowest BCUT2D eigenvalue weighted by Crippen LogP contribution is -2.42. The fourth-order valence-corrected chi connectivity index (χ4v) is 6.02. The third-order valence-corrected chi connectivity index (χ3v) is 7.50. The van der Waals surface area contributed by atoms with E-state index in [1.54, 1.807) is 37.4 Å². The standard InChI is InChI=1S/C25H18Cl3NO3/c1-24-21(22(30)29(23(24)31)19-12-17(27)11-18(28)13-19)25(24,14-3-7-16(26)8-4-14)15-5-9-20(32-2)10-6-15/h3-13,21H,1-2H3. The van der Waals surface area contributed by atoms with Crippen molar-refractivity contribution in [2.45, 2.75) is 12.3 Å². The summed E-state index contributed by atoms with van der Waals surface area (Å²) in [6, 6.07) is 19.6. The van der Waals surface area contributed by atoms with E-state index in [1.807, 2.05) is 43.3 Å². The van der Waals surface area contributed by atoms with Gasteiger partial charge in [-0.1, -0.05) is 59.1 Å². The number of piperidine rings is 1. The molecule has 3 aromatic carbocycles. The second-order valence-electron chi connectivity index (χ2n) is 8.29. The number of anilines is 1. The molecule has 2 fully saturated rings. The van der Waals surface area contributed by atoms with Crippen molar-refractivity contribution in [2.75, 3.05) is 12.0 Å². The first-order chi connectivity index (χ1) is 15.2. The summed E-state index contributed by atoms with van der Waals surface area (Å²) in [5.41, 5.74) is 0.340. The van der Waals surface area contributed by atoms with E-state index in [2.05, 4.69) is 0 Å².